The van der Waals surface area contributed by atoms with Gasteiger partial charge in [0.15, 0.2) is 4.80 Å². The minimum Gasteiger partial charge on any atom is -0.302 e. The quantitative estimate of drug-likeness (QED) is 0.381. The molecule has 1 amide bonds. The summed E-state index contributed by atoms with van der Waals surface area (Å²) in [5.74, 6) is 1.42. The maximum atomic E-state index is 14.3. The first-order valence-electron chi connectivity index (χ1n) is 10.2. The van der Waals surface area contributed by atoms with Crippen LogP contribution < -0.4 is 4.80 Å². The molecule has 0 atom stereocenters. The highest BCUT2D eigenvalue weighted by molar-refractivity contribution is 7.89. The average Bonchev–Trinajstić information content (AvgIpc) is 3.18. The summed E-state index contributed by atoms with van der Waals surface area (Å²) in [5, 5.41) is 0. The first kappa shape index (κ1) is 23.6. The number of rotatable bonds is 6. The van der Waals surface area contributed by atoms with Crippen LogP contribution in [0, 0.1) is 18.2 Å². The highest BCUT2D eigenvalue weighted by Gasteiger charge is 2.21. The Balaban J connectivity index is 1.62. The predicted octanol–water partition coefficient (Wildman–Crippen LogP) is 4.04. The van der Waals surface area contributed by atoms with Crippen molar-refractivity contribution in [1.29, 1.82) is 0 Å². The Morgan fingerprint density at radius 2 is 1.79 bits per heavy atom. The molecule has 0 N–H and O–H groups in total. The third-order valence-electron chi connectivity index (χ3n) is 5.16. The number of hydrogen-bond acceptors (Lipinski definition) is 4. The largest absolute Gasteiger partial charge is 0.302 e. The Morgan fingerprint density at radius 3 is 2.47 bits per heavy atom. The first-order chi connectivity index (χ1) is 16.3. The summed E-state index contributed by atoms with van der Waals surface area (Å²) in [7, 11) is -2.25. The topological polar surface area (TPSA) is 71.7 Å². The van der Waals surface area contributed by atoms with E-state index in [1.807, 2.05) is 30.3 Å². The van der Waals surface area contributed by atoms with E-state index in [4.69, 9.17) is 6.42 Å². The molecule has 0 bridgehead atoms. The van der Waals surface area contributed by atoms with Gasteiger partial charge in [0.25, 0.3) is 5.91 Å². The molecule has 1 heterocycles. The second-order valence-corrected chi connectivity index (χ2v) is 10.5. The van der Waals surface area contributed by atoms with Gasteiger partial charge in [0.1, 0.15) is 5.82 Å². The average molecular weight is 494 g/mol. The van der Waals surface area contributed by atoms with E-state index < -0.39 is 21.7 Å². The number of halogens is 1. The van der Waals surface area contributed by atoms with Crippen LogP contribution in [0.3, 0.4) is 0 Å². The Hall–Kier alpha value is -3.58. The van der Waals surface area contributed by atoms with E-state index in [-0.39, 0.29) is 28.3 Å². The van der Waals surface area contributed by atoms with Crippen LogP contribution in [0.5, 0.6) is 0 Å². The lowest BCUT2D eigenvalue weighted by molar-refractivity contribution is 0.0997. The molecule has 0 saturated carbocycles. The number of carbonyl (C=O) groups excluding carboxylic acids is 1. The molecule has 9 heteroatoms. The van der Waals surface area contributed by atoms with Crippen LogP contribution in [0.25, 0.3) is 10.2 Å². The fourth-order valence-corrected chi connectivity index (χ4v) is 5.64. The van der Waals surface area contributed by atoms with Gasteiger partial charge in [-0.2, -0.15) is 9.30 Å². The molecule has 0 radical (unpaired) electrons. The highest BCUT2D eigenvalue weighted by atomic mass is 32.2. The Labute approximate surface area is 200 Å². The van der Waals surface area contributed by atoms with Gasteiger partial charge in [0.2, 0.25) is 10.0 Å². The molecular weight excluding hydrogens is 473 g/mol. The number of thiazole rings is 1. The number of terminal acetylenes is 1. The predicted molar refractivity (Wildman–Crippen MR) is 130 cm³/mol. The van der Waals surface area contributed by atoms with Gasteiger partial charge in [-0.1, -0.05) is 53.7 Å². The molecule has 0 saturated heterocycles. The summed E-state index contributed by atoms with van der Waals surface area (Å²) in [6, 6.07) is 19.4. The number of para-hydroxylation sites is 1. The molecule has 0 unspecified atom stereocenters. The van der Waals surface area contributed by atoms with Crippen molar-refractivity contribution in [2.24, 2.45) is 4.99 Å². The molecule has 1 aromatic heterocycles. The van der Waals surface area contributed by atoms with E-state index >= 15 is 0 Å². The third-order valence-corrected chi connectivity index (χ3v) is 8.02. The van der Waals surface area contributed by atoms with Gasteiger partial charge < -0.3 is 4.57 Å². The van der Waals surface area contributed by atoms with Crippen molar-refractivity contribution in [2.45, 2.75) is 18.0 Å². The minimum atomic E-state index is -3.75. The lowest BCUT2D eigenvalue weighted by Crippen LogP contribution is -2.26. The molecule has 6 nitrogen and oxygen atoms in total. The van der Waals surface area contributed by atoms with Crippen LogP contribution >= 0.6 is 11.3 Å². The van der Waals surface area contributed by atoms with Crippen molar-refractivity contribution < 1.29 is 17.6 Å². The number of aromatic nitrogens is 1. The summed E-state index contributed by atoms with van der Waals surface area (Å²) in [6.45, 7) is 0.273. The van der Waals surface area contributed by atoms with Crippen LogP contribution in [0.4, 0.5) is 4.39 Å². The van der Waals surface area contributed by atoms with Crippen molar-refractivity contribution in [3.63, 3.8) is 0 Å². The molecular formula is C25H20FN3O3S2. The van der Waals surface area contributed by atoms with Gasteiger partial charge in [-0.25, -0.2) is 12.8 Å². The Kier molecular flexibility index (Phi) is 6.75. The summed E-state index contributed by atoms with van der Waals surface area (Å²) in [5.41, 5.74) is 1.36. The van der Waals surface area contributed by atoms with Crippen molar-refractivity contribution in [2.75, 3.05) is 7.05 Å². The molecule has 0 aliphatic heterocycles. The second kappa shape index (κ2) is 9.73. The number of nitrogens with zero attached hydrogens (tertiary/aromatic N) is 3. The fraction of sp³-hybridized carbons (Fsp3) is 0.120. The van der Waals surface area contributed by atoms with E-state index in [2.05, 4.69) is 10.9 Å². The molecule has 4 rings (SSSR count). The maximum absolute atomic E-state index is 14.3. The Morgan fingerprint density at radius 1 is 1.09 bits per heavy atom. The summed E-state index contributed by atoms with van der Waals surface area (Å²) in [6.07, 6.45) is 5.43. The monoisotopic (exact) mass is 493 g/mol. The van der Waals surface area contributed by atoms with Crippen molar-refractivity contribution >= 4 is 37.5 Å². The third kappa shape index (κ3) is 4.70. The standard InChI is InChI=1S/C25H20FN3O3S2/c1-3-16-29-23-21(26)10-7-11-22(23)33-25(29)27-24(30)19-12-14-20(15-13-19)34(31,32)28(2)17-18-8-5-4-6-9-18/h1,4-15H,16-17H2,2H3. The molecule has 0 aliphatic rings. The zero-order chi connectivity index (χ0) is 24.3. The first-order valence-corrected chi connectivity index (χ1v) is 12.5. The van der Waals surface area contributed by atoms with Gasteiger partial charge in [-0.05, 0) is 42.0 Å². The van der Waals surface area contributed by atoms with Crippen molar-refractivity contribution in [1.82, 2.24) is 8.87 Å². The molecule has 0 aliphatic carbocycles. The zero-order valence-electron chi connectivity index (χ0n) is 18.2. The number of fused-ring (bicyclic) bond motifs is 1. The lowest BCUT2D eigenvalue weighted by atomic mass is 10.2. The summed E-state index contributed by atoms with van der Waals surface area (Å²) in [4.78, 5) is 17.2. The number of amides is 1. The number of carbonyl (C=O) groups is 1. The van der Waals surface area contributed by atoms with Crippen LogP contribution in [0.1, 0.15) is 15.9 Å². The number of hydrogen-bond donors (Lipinski definition) is 0. The highest BCUT2D eigenvalue weighted by Crippen LogP contribution is 2.21. The summed E-state index contributed by atoms with van der Waals surface area (Å²) < 4.78 is 43.5. The normalized spacial score (nSPS) is 12.2. The smallest absolute Gasteiger partial charge is 0.279 e. The van der Waals surface area contributed by atoms with Gasteiger partial charge in [-0.15, -0.1) is 6.42 Å². The number of benzene rings is 3. The number of sulfonamides is 1. The van der Waals surface area contributed by atoms with E-state index in [1.54, 1.807) is 12.1 Å². The molecule has 3 aromatic carbocycles. The molecule has 34 heavy (non-hydrogen) atoms. The van der Waals surface area contributed by atoms with Crippen LogP contribution in [-0.4, -0.2) is 30.2 Å². The second-order valence-electron chi connectivity index (χ2n) is 7.45. The van der Waals surface area contributed by atoms with Crippen LogP contribution in [0.15, 0.2) is 82.7 Å². The fourth-order valence-electron chi connectivity index (χ4n) is 3.44. The molecule has 0 fully saturated rings. The lowest BCUT2D eigenvalue weighted by Gasteiger charge is -2.17. The van der Waals surface area contributed by atoms with Crippen LogP contribution in [-0.2, 0) is 23.1 Å². The molecule has 4 aromatic rings. The van der Waals surface area contributed by atoms with Crippen LogP contribution in [0.2, 0.25) is 0 Å². The SMILES string of the molecule is C#CCn1c(=NC(=O)c2ccc(S(=O)(=O)N(C)Cc3ccccc3)cc2)sc2cccc(F)c21. The summed E-state index contributed by atoms with van der Waals surface area (Å²) >= 11 is 1.15. The zero-order valence-corrected chi connectivity index (χ0v) is 19.8. The molecule has 0 spiro atoms. The van der Waals surface area contributed by atoms with E-state index in [9.17, 15) is 17.6 Å². The van der Waals surface area contributed by atoms with E-state index in [0.717, 1.165) is 16.9 Å². The van der Waals surface area contributed by atoms with E-state index in [0.29, 0.717) is 10.2 Å². The van der Waals surface area contributed by atoms with Gasteiger partial charge >= 0.3 is 0 Å². The van der Waals surface area contributed by atoms with Gasteiger partial charge in [0.05, 0.1) is 21.7 Å². The van der Waals surface area contributed by atoms with Crippen molar-refractivity contribution in [3.05, 3.63) is 94.5 Å². The van der Waals surface area contributed by atoms with Gasteiger partial charge in [-0.3, -0.25) is 4.79 Å². The Bertz CT molecular complexity index is 1570. The molecule has 172 valence electrons. The minimum absolute atomic E-state index is 0.0535. The van der Waals surface area contributed by atoms with Crippen molar-refractivity contribution in [3.8, 4) is 12.3 Å². The van der Waals surface area contributed by atoms with E-state index in [1.165, 1.54) is 46.3 Å². The maximum Gasteiger partial charge on any atom is 0.279 e. The van der Waals surface area contributed by atoms with Gasteiger partial charge in [0, 0.05) is 19.2 Å².